The molecule has 0 spiro atoms. The molecule has 2 rings (SSSR count). The lowest BCUT2D eigenvalue weighted by Crippen LogP contribution is -2.43. The highest BCUT2D eigenvalue weighted by Crippen LogP contribution is 2.23. The number of rotatable bonds is 3. The summed E-state index contributed by atoms with van der Waals surface area (Å²) in [6.07, 6.45) is 0. The first-order chi connectivity index (χ1) is 9.67. The predicted octanol–water partition coefficient (Wildman–Crippen LogP) is 0.0455. The van der Waals surface area contributed by atoms with Gasteiger partial charge < -0.3 is 5.11 Å². The molecule has 9 heteroatoms. The van der Waals surface area contributed by atoms with Crippen molar-refractivity contribution in [3.63, 3.8) is 0 Å². The molecule has 0 saturated carbocycles. The van der Waals surface area contributed by atoms with Gasteiger partial charge in [-0.25, -0.2) is 21.2 Å². The Morgan fingerprint density at radius 1 is 1.29 bits per heavy atom. The molecule has 1 aromatic rings. The van der Waals surface area contributed by atoms with Gasteiger partial charge in [-0.15, -0.1) is 0 Å². The molecule has 1 aliphatic heterocycles. The Labute approximate surface area is 123 Å². The molecule has 0 unspecified atom stereocenters. The number of hydrogen-bond acceptors (Lipinski definition) is 5. The first-order valence-electron chi connectivity index (χ1n) is 6.28. The maximum atomic E-state index is 13.7. The van der Waals surface area contributed by atoms with Crippen LogP contribution in [0.25, 0.3) is 0 Å². The second kappa shape index (κ2) is 5.64. The summed E-state index contributed by atoms with van der Waals surface area (Å²) in [6.45, 7) is 0.573. The van der Waals surface area contributed by atoms with E-state index in [2.05, 4.69) is 0 Å². The smallest absolute Gasteiger partial charge is 0.243 e. The van der Waals surface area contributed by atoms with Gasteiger partial charge in [0.05, 0.1) is 23.0 Å². The summed E-state index contributed by atoms with van der Waals surface area (Å²) in [4.78, 5) is -0.134. The van der Waals surface area contributed by atoms with Crippen molar-refractivity contribution in [1.29, 1.82) is 0 Å². The van der Waals surface area contributed by atoms with Crippen molar-refractivity contribution in [3.05, 3.63) is 29.1 Å². The van der Waals surface area contributed by atoms with E-state index in [1.807, 2.05) is 0 Å². The average Bonchev–Trinajstić information content (AvgIpc) is 2.41. The summed E-state index contributed by atoms with van der Waals surface area (Å²) in [5.74, 6) is -1.09. The Morgan fingerprint density at radius 3 is 2.38 bits per heavy atom. The van der Waals surface area contributed by atoms with Crippen molar-refractivity contribution in [2.45, 2.75) is 18.4 Å². The van der Waals surface area contributed by atoms with Gasteiger partial charge in [0.25, 0.3) is 0 Å². The van der Waals surface area contributed by atoms with Crippen LogP contribution in [0.2, 0.25) is 0 Å². The second-order valence-electron chi connectivity index (χ2n) is 4.93. The number of hydrogen-bond donors (Lipinski definition) is 1. The van der Waals surface area contributed by atoms with Crippen LogP contribution in [-0.2, 0) is 26.5 Å². The van der Waals surface area contributed by atoms with Crippen LogP contribution in [-0.4, -0.2) is 50.8 Å². The Bertz CT molecular complexity index is 744. The van der Waals surface area contributed by atoms with E-state index in [1.54, 1.807) is 0 Å². The fraction of sp³-hybridized carbons (Fsp3) is 0.500. The Balaban J connectivity index is 2.39. The third kappa shape index (κ3) is 3.25. The maximum absolute atomic E-state index is 13.7. The monoisotopic (exact) mass is 337 g/mol. The molecule has 0 amide bonds. The van der Waals surface area contributed by atoms with Crippen molar-refractivity contribution in [2.24, 2.45) is 0 Å². The zero-order valence-electron chi connectivity index (χ0n) is 11.4. The van der Waals surface area contributed by atoms with E-state index >= 15 is 0 Å². The number of nitrogens with zero attached hydrogens (tertiary/aromatic N) is 1. The molecule has 1 aromatic carbocycles. The van der Waals surface area contributed by atoms with Gasteiger partial charge in [-0.1, -0.05) is 0 Å². The van der Waals surface area contributed by atoms with Crippen molar-refractivity contribution in [1.82, 2.24) is 4.31 Å². The van der Waals surface area contributed by atoms with Crippen molar-refractivity contribution >= 4 is 19.9 Å². The van der Waals surface area contributed by atoms with Crippen LogP contribution >= 0.6 is 0 Å². The van der Waals surface area contributed by atoms with E-state index in [9.17, 15) is 21.2 Å². The van der Waals surface area contributed by atoms with Crippen LogP contribution in [0.5, 0.6) is 0 Å². The number of benzene rings is 1. The molecule has 1 heterocycles. The molecule has 0 aromatic heterocycles. The number of sulfonamides is 1. The van der Waals surface area contributed by atoms with E-state index in [-0.39, 0.29) is 40.6 Å². The molecule has 0 bridgehead atoms. The molecule has 1 saturated heterocycles. The van der Waals surface area contributed by atoms with Gasteiger partial charge in [-0.05, 0) is 24.6 Å². The van der Waals surface area contributed by atoms with E-state index < -0.39 is 32.3 Å². The molecular weight excluding hydrogens is 321 g/mol. The van der Waals surface area contributed by atoms with Crippen LogP contribution in [0.4, 0.5) is 4.39 Å². The summed E-state index contributed by atoms with van der Waals surface area (Å²) in [7, 11) is -7.08. The minimum atomic E-state index is -3.89. The molecule has 0 atom stereocenters. The van der Waals surface area contributed by atoms with Gasteiger partial charge >= 0.3 is 0 Å². The van der Waals surface area contributed by atoms with Crippen LogP contribution in [0, 0.1) is 12.7 Å². The Morgan fingerprint density at radius 2 is 1.86 bits per heavy atom. The van der Waals surface area contributed by atoms with Gasteiger partial charge in [0.1, 0.15) is 5.82 Å². The normalized spacial score (nSPS) is 19.6. The number of aliphatic hydroxyl groups is 1. The third-order valence-electron chi connectivity index (χ3n) is 3.41. The SMILES string of the molecule is Cc1cc(S(=O)(=O)N2CCS(=O)(=O)CC2)cc(CO)c1F. The fourth-order valence-corrected chi connectivity index (χ4v) is 5.17. The van der Waals surface area contributed by atoms with Crippen molar-refractivity contribution in [3.8, 4) is 0 Å². The standard InChI is InChI=1S/C12H16FNO5S2/c1-9-6-11(7-10(8-15)12(9)13)21(18,19)14-2-4-20(16,17)5-3-14/h6-7,15H,2-5,8H2,1H3. The van der Waals surface area contributed by atoms with Crippen LogP contribution < -0.4 is 0 Å². The van der Waals surface area contributed by atoms with E-state index in [0.717, 1.165) is 10.4 Å². The van der Waals surface area contributed by atoms with Crippen LogP contribution in [0.3, 0.4) is 0 Å². The molecule has 6 nitrogen and oxygen atoms in total. The summed E-state index contributed by atoms with van der Waals surface area (Å²) < 4.78 is 62.4. The lowest BCUT2D eigenvalue weighted by molar-refractivity contribution is 0.275. The van der Waals surface area contributed by atoms with Crippen molar-refractivity contribution < 1.29 is 26.3 Å². The van der Waals surface area contributed by atoms with E-state index in [0.29, 0.717) is 0 Å². The van der Waals surface area contributed by atoms with Gasteiger partial charge in [-0.2, -0.15) is 4.31 Å². The minimum absolute atomic E-state index is 0.0989. The molecule has 0 radical (unpaired) electrons. The number of aryl methyl sites for hydroxylation is 1. The summed E-state index contributed by atoms with van der Waals surface area (Å²) >= 11 is 0. The van der Waals surface area contributed by atoms with Crippen LogP contribution in [0.15, 0.2) is 17.0 Å². The molecule has 1 aliphatic rings. The first-order valence-corrected chi connectivity index (χ1v) is 9.54. The molecular formula is C12H16FNO5S2. The highest BCUT2D eigenvalue weighted by atomic mass is 32.2. The molecule has 1 N–H and O–H groups in total. The molecule has 1 fully saturated rings. The summed E-state index contributed by atoms with van der Waals surface area (Å²) in [5.41, 5.74) is 0.0166. The number of aliphatic hydroxyl groups excluding tert-OH is 1. The minimum Gasteiger partial charge on any atom is -0.392 e. The Kier molecular flexibility index (Phi) is 4.39. The molecule has 0 aliphatic carbocycles. The van der Waals surface area contributed by atoms with Crippen LogP contribution in [0.1, 0.15) is 11.1 Å². The lowest BCUT2D eigenvalue weighted by atomic mass is 10.1. The summed E-state index contributed by atoms with van der Waals surface area (Å²) in [6, 6.07) is 2.27. The first kappa shape index (κ1) is 16.3. The lowest BCUT2D eigenvalue weighted by Gasteiger charge is -2.26. The Hall–Kier alpha value is -1.03. The number of sulfone groups is 1. The zero-order chi connectivity index (χ0) is 15.8. The highest BCUT2D eigenvalue weighted by molar-refractivity contribution is 7.92. The molecule has 21 heavy (non-hydrogen) atoms. The van der Waals surface area contributed by atoms with E-state index in [4.69, 9.17) is 5.11 Å². The largest absolute Gasteiger partial charge is 0.392 e. The third-order valence-corrected chi connectivity index (χ3v) is 6.90. The summed E-state index contributed by atoms with van der Waals surface area (Å²) in [5, 5.41) is 9.08. The maximum Gasteiger partial charge on any atom is 0.243 e. The fourth-order valence-electron chi connectivity index (χ4n) is 2.16. The predicted molar refractivity (Wildman–Crippen MR) is 74.5 cm³/mol. The van der Waals surface area contributed by atoms with E-state index in [1.165, 1.54) is 13.0 Å². The van der Waals surface area contributed by atoms with Gasteiger partial charge in [0.15, 0.2) is 9.84 Å². The van der Waals surface area contributed by atoms with Gasteiger partial charge in [0, 0.05) is 18.7 Å². The van der Waals surface area contributed by atoms with Crippen molar-refractivity contribution in [2.75, 3.05) is 24.6 Å². The zero-order valence-corrected chi connectivity index (χ0v) is 13.0. The highest BCUT2D eigenvalue weighted by Gasteiger charge is 2.31. The average molecular weight is 337 g/mol. The second-order valence-corrected chi connectivity index (χ2v) is 9.17. The topological polar surface area (TPSA) is 91.8 Å². The van der Waals surface area contributed by atoms with Gasteiger partial charge in [-0.3, -0.25) is 0 Å². The van der Waals surface area contributed by atoms with Gasteiger partial charge in [0.2, 0.25) is 10.0 Å². The number of halogens is 1. The molecule has 118 valence electrons. The quantitative estimate of drug-likeness (QED) is 0.841.